The monoisotopic (exact) mass is 252 g/mol. The van der Waals surface area contributed by atoms with Crippen LogP contribution in [0.3, 0.4) is 0 Å². The normalized spacial score (nSPS) is 14.7. The maximum absolute atomic E-state index is 12.5. The van der Waals surface area contributed by atoms with E-state index in [9.17, 15) is 26.5 Å². The van der Waals surface area contributed by atoms with Crippen molar-refractivity contribution < 1.29 is 60.8 Å². The summed E-state index contributed by atoms with van der Waals surface area (Å²) in [7, 11) is -5.47. The molecule has 0 aromatic rings. The van der Waals surface area contributed by atoms with Crippen LogP contribution in [-0.4, -0.2) is 30.8 Å². The van der Waals surface area contributed by atoms with Crippen molar-refractivity contribution in [3.05, 3.63) is 12.2 Å². The Kier molecular flexibility index (Phi) is 7.57. The first-order valence-electron chi connectivity index (χ1n) is 3.25. The minimum atomic E-state index is -5.47. The zero-order chi connectivity index (χ0) is 11.5. The van der Waals surface area contributed by atoms with Crippen molar-refractivity contribution in [1.29, 1.82) is 0 Å². The summed E-state index contributed by atoms with van der Waals surface area (Å²) in [5.74, 6) is -1.32. The van der Waals surface area contributed by atoms with Crippen LogP contribution in [0.4, 0.5) is 8.78 Å². The van der Waals surface area contributed by atoms with E-state index < -0.39 is 27.9 Å². The molecule has 0 radical (unpaired) electrons. The Labute approximate surface area is 108 Å². The van der Waals surface area contributed by atoms with Gasteiger partial charge in [0.05, 0.1) is 0 Å². The van der Waals surface area contributed by atoms with Crippen LogP contribution in [0.15, 0.2) is 12.2 Å². The van der Waals surface area contributed by atoms with Gasteiger partial charge in [0, 0.05) is 5.57 Å². The first-order chi connectivity index (χ1) is 6.16. The number of rotatable bonds is 4. The van der Waals surface area contributed by atoms with Gasteiger partial charge in [-0.15, -0.1) is 0 Å². The van der Waals surface area contributed by atoms with Gasteiger partial charge in [-0.2, -0.15) is 4.39 Å². The smallest absolute Gasteiger partial charge is 0.746 e. The summed E-state index contributed by atoms with van der Waals surface area (Å²) >= 11 is 0. The van der Waals surface area contributed by atoms with Crippen molar-refractivity contribution >= 4 is 16.1 Å². The van der Waals surface area contributed by atoms with E-state index in [4.69, 9.17) is 0 Å². The SMILES string of the molecule is C=C(C)C(=O)OC(F)C(F)S(=O)(=O)[O-].[Na+]. The van der Waals surface area contributed by atoms with Crippen molar-refractivity contribution in [2.75, 3.05) is 0 Å². The van der Waals surface area contributed by atoms with Gasteiger partial charge >= 0.3 is 35.5 Å². The fourth-order valence-corrected chi connectivity index (χ4v) is 0.705. The minimum absolute atomic E-state index is 0. The molecule has 0 saturated carbocycles. The van der Waals surface area contributed by atoms with Gasteiger partial charge in [0.1, 0.15) is 10.1 Å². The molecule has 15 heavy (non-hydrogen) atoms. The van der Waals surface area contributed by atoms with E-state index in [2.05, 4.69) is 11.3 Å². The van der Waals surface area contributed by atoms with Gasteiger partial charge in [-0.05, 0) is 6.92 Å². The Morgan fingerprint density at radius 2 is 1.87 bits per heavy atom. The van der Waals surface area contributed by atoms with E-state index in [0.717, 1.165) is 6.92 Å². The number of ether oxygens (including phenoxy) is 1. The summed E-state index contributed by atoms with van der Waals surface area (Å²) in [6.07, 6.45) is -3.14. The van der Waals surface area contributed by atoms with Crippen LogP contribution in [-0.2, 0) is 19.6 Å². The van der Waals surface area contributed by atoms with Crippen molar-refractivity contribution in [3.8, 4) is 0 Å². The second-order valence-corrected chi connectivity index (χ2v) is 3.82. The molecule has 0 aromatic heterocycles. The average molecular weight is 252 g/mol. The van der Waals surface area contributed by atoms with Gasteiger partial charge in [0.2, 0.25) is 0 Å². The first kappa shape index (κ1) is 17.4. The van der Waals surface area contributed by atoms with Crippen molar-refractivity contribution in [2.45, 2.75) is 18.8 Å². The number of alkyl halides is 2. The predicted octanol–water partition coefficient (Wildman–Crippen LogP) is -2.75. The number of esters is 1. The van der Waals surface area contributed by atoms with Crippen LogP contribution >= 0.6 is 0 Å². The third kappa shape index (κ3) is 6.21. The van der Waals surface area contributed by atoms with Gasteiger partial charge in [0.25, 0.3) is 11.9 Å². The Morgan fingerprint density at radius 3 is 2.13 bits per heavy atom. The molecule has 0 heterocycles. The summed E-state index contributed by atoms with van der Waals surface area (Å²) in [6, 6.07) is 0. The molecule has 0 N–H and O–H groups in total. The molecule has 0 fully saturated rings. The van der Waals surface area contributed by atoms with E-state index in [1.165, 1.54) is 0 Å². The molecule has 0 amide bonds. The molecule has 0 bridgehead atoms. The molecule has 9 heteroatoms. The van der Waals surface area contributed by atoms with E-state index in [-0.39, 0.29) is 35.1 Å². The predicted molar refractivity (Wildman–Crippen MR) is 40.4 cm³/mol. The van der Waals surface area contributed by atoms with Gasteiger partial charge < -0.3 is 9.29 Å². The van der Waals surface area contributed by atoms with Crippen LogP contribution in [0.25, 0.3) is 0 Å². The minimum Gasteiger partial charge on any atom is -0.746 e. The van der Waals surface area contributed by atoms with Crippen molar-refractivity contribution in [1.82, 2.24) is 0 Å². The second kappa shape index (κ2) is 6.54. The van der Waals surface area contributed by atoms with E-state index in [0.29, 0.717) is 0 Å². The van der Waals surface area contributed by atoms with E-state index in [1.807, 2.05) is 0 Å². The average Bonchev–Trinajstić information content (AvgIpc) is 2.00. The first-order valence-corrected chi connectivity index (χ1v) is 4.72. The van der Waals surface area contributed by atoms with Crippen LogP contribution in [0.1, 0.15) is 6.92 Å². The van der Waals surface area contributed by atoms with Gasteiger partial charge in [-0.25, -0.2) is 17.6 Å². The number of hydrogen-bond donors (Lipinski definition) is 0. The molecule has 82 valence electrons. The fraction of sp³-hybridized carbons (Fsp3) is 0.500. The van der Waals surface area contributed by atoms with Crippen molar-refractivity contribution in [2.24, 2.45) is 0 Å². The number of carbonyl (C=O) groups excluding carboxylic acids is 1. The van der Waals surface area contributed by atoms with E-state index >= 15 is 0 Å². The molecule has 2 atom stereocenters. The summed E-state index contributed by atoms with van der Waals surface area (Å²) in [5, 5.41) is 0. The Morgan fingerprint density at radius 1 is 1.47 bits per heavy atom. The summed E-state index contributed by atoms with van der Waals surface area (Å²) in [4.78, 5) is 10.6. The zero-order valence-electron chi connectivity index (χ0n) is 8.07. The molecule has 0 aliphatic carbocycles. The molecule has 0 saturated heterocycles. The topological polar surface area (TPSA) is 83.5 Å². The van der Waals surface area contributed by atoms with Gasteiger partial charge in [-0.1, -0.05) is 6.58 Å². The molecule has 0 spiro atoms. The fourth-order valence-electron chi connectivity index (χ4n) is 0.387. The zero-order valence-corrected chi connectivity index (χ0v) is 10.9. The third-order valence-electron chi connectivity index (χ3n) is 1.05. The standard InChI is InChI=1S/C6H8F2O5S.Na/c1-3(2)6(9)13-4(7)5(8)14(10,11)12;/h4-5H,1H2,2H3,(H,10,11,12);/q;+1/p-1. The largest absolute Gasteiger partial charge is 1.00 e. The second-order valence-electron chi connectivity index (χ2n) is 2.38. The summed E-state index contributed by atoms with van der Waals surface area (Å²) in [5.41, 5.74) is -3.67. The van der Waals surface area contributed by atoms with Gasteiger partial charge in [-0.3, -0.25) is 0 Å². The number of hydrogen-bond acceptors (Lipinski definition) is 5. The Balaban J connectivity index is 0. The Bertz CT molecular complexity index is 341. The molecule has 0 aliphatic rings. The quantitative estimate of drug-likeness (QED) is 0.234. The number of halogens is 2. The molecule has 5 nitrogen and oxygen atoms in total. The van der Waals surface area contributed by atoms with Crippen molar-refractivity contribution in [3.63, 3.8) is 0 Å². The summed E-state index contributed by atoms with van der Waals surface area (Å²) in [6.45, 7) is 4.19. The molecular formula is C6H7F2NaO5S. The van der Waals surface area contributed by atoms with Crippen LogP contribution in [0, 0.1) is 0 Å². The molecule has 2 unspecified atom stereocenters. The van der Waals surface area contributed by atoms with E-state index in [1.54, 1.807) is 0 Å². The molecule has 0 aromatic carbocycles. The van der Waals surface area contributed by atoms with Gasteiger partial charge in [0.15, 0.2) is 0 Å². The number of carbonyl (C=O) groups is 1. The third-order valence-corrected chi connectivity index (χ3v) is 1.82. The maximum Gasteiger partial charge on any atom is 1.00 e. The van der Waals surface area contributed by atoms with Crippen LogP contribution < -0.4 is 29.6 Å². The van der Waals surface area contributed by atoms with Crippen LogP contribution in [0.2, 0.25) is 0 Å². The Hall–Kier alpha value is -0.0200. The molecule has 0 aliphatic heterocycles. The molecular weight excluding hydrogens is 245 g/mol. The molecule has 0 rings (SSSR count). The maximum atomic E-state index is 12.5. The summed E-state index contributed by atoms with van der Waals surface area (Å²) < 4.78 is 58.3. The van der Waals surface area contributed by atoms with Crippen LogP contribution in [0.5, 0.6) is 0 Å².